The van der Waals surface area contributed by atoms with Crippen LogP contribution in [0.25, 0.3) is 0 Å². The molecule has 2 rings (SSSR count). The summed E-state index contributed by atoms with van der Waals surface area (Å²) in [5.41, 5.74) is -0.723. The van der Waals surface area contributed by atoms with Crippen LogP contribution in [-0.4, -0.2) is 23.1 Å². The average molecular weight is 344 g/mol. The summed E-state index contributed by atoms with van der Waals surface area (Å²) in [5, 5.41) is 13.6. The molecule has 5 nitrogen and oxygen atoms in total. The van der Waals surface area contributed by atoms with Crippen molar-refractivity contribution in [3.05, 3.63) is 35.4 Å². The third-order valence-electron chi connectivity index (χ3n) is 4.20. The molecule has 0 saturated heterocycles. The number of hydrogen-bond donors (Lipinski definition) is 3. The van der Waals surface area contributed by atoms with E-state index in [1.54, 1.807) is 0 Å². The molecule has 8 heteroatoms. The zero-order valence-electron chi connectivity index (χ0n) is 12.9. The molecule has 0 radical (unpaired) electrons. The lowest BCUT2D eigenvalue weighted by molar-refractivity contribution is -0.138. The van der Waals surface area contributed by atoms with Crippen molar-refractivity contribution >= 4 is 12.0 Å². The Hall–Kier alpha value is -2.25. The van der Waals surface area contributed by atoms with E-state index >= 15 is 0 Å². The zero-order valence-corrected chi connectivity index (χ0v) is 12.9. The summed E-state index contributed by atoms with van der Waals surface area (Å²) in [6.07, 6.45) is -3.43. The third kappa shape index (κ3) is 4.87. The summed E-state index contributed by atoms with van der Waals surface area (Å²) in [4.78, 5) is 22.7. The van der Waals surface area contributed by atoms with E-state index in [9.17, 15) is 22.8 Å². The minimum absolute atomic E-state index is 0.0274. The van der Waals surface area contributed by atoms with Crippen molar-refractivity contribution < 1.29 is 27.9 Å². The van der Waals surface area contributed by atoms with Crippen molar-refractivity contribution in [2.24, 2.45) is 5.92 Å². The van der Waals surface area contributed by atoms with Crippen LogP contribution in [0.5, 0.6) is 0 Å². The first-order chi connectivity index (χ1) is 11.3. The monoisotopic (exact) mass is 344 g/mol. The quantitative estimate of drug-likeness (QED) is 0.785. The maximum absolute atomic E-state index is 12.9. The molecule has 1 fully saturated rings. The van der Waals surface area contributed by atoms with Crippen molar-refractivity contribution in [2.75, 3.05) is 0 Å². The second-order valence-corrected chi connectivity index (χ2v) is 5.87. The van der Waals surface area contributed by atoms with Crippen LogP contribution in [0.3, 0.4) is 0 Å². The third-order valence-corrected chi connectivity index (χ3v) is 4.20. The largest absolute Gasteiger partial charge is 0.465 e. The molecule has 1 aliphatic rings. The summed E-state index contributed by atoms with van der Waals surface area (Å²) >= 11 is 0. The van der Waals surface area contributed by atoms with Crippen LogP contribution in [0.1, 0.15) is 36.8 Å². The highest BCUT2D eigenvalue weighted by Crippen LogP contribution is 2.32. The lowest BCUT2D eigenvalue weighted by atomic mass is 9.85. The van der Waals surface area contributed by atoms with Gasteiger partial charge < -0.3 is 15.7 Å². The van der Waals surface area contributed by atoms with Crippen molar-refractivity contribution in [1.29, 1.82) is 0 Å². The molecule has 1 aliphatic carbocycles. The van der Waals surface area contributed by atoms with Gasteiger partial charge in [0.1, 0.15) is 0 Å². The molecule has 24 heavy (non-hydrogen) atoms. The number of carbonyl (C=O) groups excluding carboxylic acids is 1. The highest BCUT2D eigenvalue weighted by molar-refractivity contribution is 5.78. The molecule has 0 aromatic heterocycles. The van der Waals surface area contributed by atoms with E-state index in [1.807, 2.05) is 0 Å². The minimum Gasteiger partial charge on any atom is -0.465 e. The molecular formula is C16H19F3N2O3. The van der Waals surface area contributed by atoms with Crippen LogP contribution >= 0.6 is 0 Å². The fourth-order valence-electron chi connectivity index (χ4n) is 2.95. The van der Waals surface area contributed by atoms with Crippen molar-refractivity contribution in [2.45, 2.75) is 44.4 Å². The molecular weight excluding hydrogens is 325 g/mol. The average Bonchev–Trinajstić information content (AvgIpc) is 2.52. The van der Waals surface area contributed by atoms with Gasteiger partial charge in [-0.05, 0) is 37.3 Å². The summed E-state index contributed by atoms with van der Waals surface area (Å²) in [5.74, 6) is -0.587. The number of alkyl halides is 3. The van der Waals surface area contributed by atoms with Crippen LogP contribution in [0.15, 0.2) is 24.3 Å². The number of rotatable bonds is 4. The molecule has 1 aromatic carbocycles. The van der Waals surface area contributed by atoms with E-state index < -0.39 is 17.8 Å². The molecule has 1 saturated carbocycles. The Balaban J connectivity index is 1.88. The number of halogens is 3. The van der Waals surface area contributed by atoms with E-state index in [4.69, 9.17) is 5.11 Å². The Bertz CT molecular complexity index is 596. The summed E-state index contributed by atoms with van der Waals surface area (Å²) < 4.78 is 38.7. The number of carbonyl (C=O) groups is 2. The van der Waals surface area contributed by atoms with Gasteiger partial charge in [-0.15, -0.1) is 0 Å². The van der Waals surface area contributed by atoms with Gasteiger partial charge in [0.2, 0.25) is 5.91 Å². The predicted molar refractivity (Wildman–Crippen MR) is 80.2 cm³/mol. The maximum Gasteiger partial charge on any atom is 0.416 e. The van der Waals surface area contributed by atoms with Crippen molar-refractivity contribution in [3.63, 3.8) is 0 Å². The summed E-state index contributed by atoms with van der Waals surface area (Å²) in [6, 6.07) is 4.98. The number of nitrogens with one attached hydrogen (secondary N) is 2. The van der Waals surface area contributed by atoms with Crippen LogP contribution in [0, 0.1) is 5.92 Å². The first-order valence-electron chi connectivity index (χ1n) is 7.69. The van der Waals surface area contributed by atoms with Gasteiger partial charge >= 0.3 is 12.3 Å². The summed E-state index contributed by atoms with van der Waals surface area (Å²) in [7, 11) is 0. The highest BCUT2D eigenvalue weighted by Gasteiger charge is 2.33. The summed E-state index contributed by atoms with van der Waals surface area (Å²) in [6.45, 7) is -0.179. The van der Waals surface area contributed by atoms with Gasteiger partial charge in [0.25, 0.3) is 0 Å². The van der Waals surface area contributed by atoms with Gasteiger partial charge in [-0.1, -0.05) is 18.2 Å². The van der Waals surface area contributed by atoms with Gasteiger partial charge in [-0.3, -0.25) is 4.79 Å². The Morgan fingerprint density at radius 2 is 1.75 bits per heavy atom. The second-order valence-electron chi connectivity index (χ2n) is 5.87. The number of hydrogen-bond acceptors (Lipinski definition) is 2. The highest BCUT2D eigenvalue weighted by atomic mass is 19.4. The first kappa shape index (κ1) is 18.1. The topological polar surface area (TPSA) is 78.4 Å². The molecule has 0 bridgehead atoms. The molecule has 0 heterocycles. The van der Waals surface area contributed by atoms with E-state index in [-0.39, 0.29) is 30.0 Å². The van der Waals surface area contributed by atoms with Crippen LogP contribution in [-0.2, 0) is 17.5 Å². The Kier molecular flexibility index (Phi) is 5.69. The van der Waals surface area contributed by atoms with E-state index in [1.165, 1.54) is 18.2 Å². The van der Waals surface area contributed by atoms with Crippen LogP contribution < -0.4 is 10.6 Å². The van der Waals surface area contributed by atoms with Gasteiger partial charge in [0.15, 0.2) is 0 Å². The van der Waals surface area contributed by atoms with Gasteiger partial charge in [0.05, 0.1) is 5.56 Å². The molecule has 132 valence electrons. The fourth-order valence-corrected chi connectivity index (χ4v) is 2.95. The molecule has 0 spiro atoms. The Labute approximate surface area is 137 Å². The normalized spacial score (nSPS) is 21.1. The first-order valence-corrected chi connectivity index (χ1v) is 7.69. The number of amides is 2. The van der Waals surface area contributed by atoms with E-state index in [0.717, 1.165) is 6.07 Å². The Morgan fingerprint density at radius 1 is 1.12 bits per heavy atom. The predicted octanol–water partition coefficient (Wildman–Crippen LogP) is 3.15. The van der Waals surface area contributed by atoms with Crippen molar-refractivity contribution in [3.8, 4) is 0 Å². The standard InChI is InChI=1S/C16H19F3N2O3/c17-16(18,19)13-4-2-1-3-11(13)9-20-14(22)10-5-7-12(8-6-10)21-15(23)24/h1-4,10,12,21H,5-9H2,(H,20,22)(H,23,24). The number of benzene rings is 1. The van der Waals surface area contributed by atoms with E-state index in [2.05, 4.69) is 10.6 Å². The lowest BCUT2D eigenvalue weighted by Crippen LogP contribution is -2.40. The molecule has 0 aliphatic heterocycles. The SMILES string of the molecule is O=C(O)NC1CCC(C(=O)NCc2ccccc2C(F)(F)F)CC1. The zero-order chi connectivity index (χ0) is 17.7. The van der Waals surface area contributed by atoms with Gasteiger partial charge in [0, 0.05) is 18.5 Å². The lowest BCUT2D eigenvalue weighted by Gasteiger charge is -2.27. The Morgan fingerprint density at radius 3 is 2.33 bits per heavy atom. The van der Waals surface area contributed by atoms with Crippen LogP contribution in [0.4, 0.5) is 18.0 Å². The van der Waals surface area contributed by atoms with E-state index in [0.29, 0.717) is 25.7 Å². The van der Waals surface area contributed by atoms with Gasteiger partial charge in [-0.2, -0.15) is 13.2 Å². The van der Waals surface area contributed by atoms with Crippen LogP contribution in [0.2, 0.25) is 0 Å². The second kappa shape index (κ2) is 7.55. The number of carboxylic acid groups (broad SMARTS) is 1. The van der Waals surface area contributed by atoms with Gasteiger partial charge in [-0.25, -0.2) is 4.79 Å². The molecule has 3 N–H and O–H groups in total. The molecule has 1 aromatic rings. The molecule has 2 amide bonds. The smallest absolute Gasteiger partial charge is 0.416 e. The fraction of sp³-hybridized carbons (Fsp3) is 0.500. The molecule has 0 atom stereocenters. The minimum atomic E-state index is -4.46. The van der Waals surface area contributed by atoms with Crippen molar-refractivity contribution in [1.82, 2.24) is 10.6 Å². The maximum atomic E-state index is 12.9. The molecule has 0 unspecified atom stereocenters.